The van der Waals surface area contributed by atoms with Crippen LogP contribution in [0.5, 0.6) is 17.4 Å². The fraction of sp³-hybridized carbons (Fsp3) is 0.346. The van der Waals surface area contributed by atoms with Crippen molar-refractivity contribution in [2.24, 2.45) is 0 Å². The normalized spacial score (nSPS) is 17.0. The van der Waals surface area contributed by atoms with Gasteiger partial charge in [0.05, 0.1) is 19.0 Å². The molecule has 10 nitrogen and oxygen atoms in total. The molecular weight excluding hydrogens is 519 g/mol. The first-order chi connectivity index (χ1) is 18.4. The average molecular weight is 548 g/mol. The molecule has 2 atom stereocenters. The Hall–Kier alpha value is -4.42. The number of carboxylic acids is 1. The van der Waals surface area contributed by atoms with Gasteiger partial charge in [-0.1, -0.05) is 0 Å². The number of anilines is 1. The third-order valence-electron chi connectivity index (χ3n) is 6.06. The number of carbonyl (C=O) groups excluding carboxylic acids is 1. The number of benzene rings is 1. The summed E-state index contributed by atoms with van der Waals surface area (Å²) in [5.74, 6) is -0.269. The zero-order chi connectivity index (χ0) is 28.7. The van der Waals surface area contributed by atoms with Gasteiger partial charge in [0.15, 0.2) is 0 Å². The number of carboxylic acid groups (broad SMARTS) is 1. The fourth-order valence-corrected chi connectivity index (χ4v) is 4.16. The van der Waals surface area contributed by atoms with Gasteiger partial charge in [-0.15, -0.1) is 5.10 Å². The number of hydrogen-bond donors (Lipinski definition) is 2. The van der Waals surface area contributed by atoms with Gasteiger partial charge in [0.1, 0.15) is 17.3 Å². The summed E-state index contributed by atoms with van der Waals surface area (Å²) in [6, 6.07) is 12.6. The maximum atomic E-state index is 13.1. The smallest absolute Gasteiger partial charge is 0.481 e. The number of aliphatic carboxylic acids is 1. The van der Waals surface area contributed by atoms with Gasteiger partial charge in [0.2, 0.25) is 5.88 Å². The number of hydrogen-bond acceptors (Lipinski definition) is 8. The summed E-state index contributed by atoms with van der Waals surface area (Å²) < 4.78 is 42.6. The van der Waals surface area contributed by atoms with E-state index in [0.29, 0.717) is 35.3 Å². The van der Waals surface area contributed by atoms with Gasteiger partial charge in [-0.2, -0.15) is 18.3 Å². The number of aromatic nitrogens is 3. The molecule has 1 aliphatic rings. The Morgan fingerprint density at radius 3 is 2.26 bits per heavy atom. The molecule has 1 saturated heterocycles. The summed E-state index contributed by atoms with van der Waals surface area (Å²) in [4.78, 5) is 28.1. The van der Waals surface area contributed by atoms with E-state index in [1.54, 1.807) is 49.7 Å². The van der Waals surface area contributed by atoms with E-state index in [1.807, 2.05) is 17.9 Å². The number of likely N-dealkylation sites (tertiary alicyclic amines) is 1. The van der Waals surface area contributed by atoms with Gasteiger partial charge in [-0.3, -0.25) is 4.79 Å². The minimum atomic E-state index is -5.08. The molecule has 4 rings (SSSR count). The van der Waals surface area contributed by atoms with E-state index in [-0.39, 0.29) is 17.9 Å². The zero-order valence-electron chi connectivity index (χ0n) is 21.5. The van der Waals surface area contributed by atoms with E-state index < -0.39 is 12.1 Å². The number of ether oxygens (including phenoxy) is 2. The first-order valence-electron chi connectivity index (χ1n) is 11.9. The number of rotatable bonds is 5. The lowest BCUT2D eigenvalue weighted by atomic mass is 9.87. The second kappa shape index (κ2) is 12.4. The van der Waals surface area contributed by atoms with Crippen molar-refractivity contribution < 1.29 is 37.3 Å². The minimum absolute atomic E-state index is 0.0220. The number of methoxy groups -OCH3 is 1. The van der Waals surface area contributed by atoms with Crippen LogP contribution in [0.25, 0.3) is 0 Å². The SMILES string of the molecule is COc1ccc(Oc2ccc(C(=O)N3CC[C@H](c4nnc(N)cc4C)C[C@@H]3C)cc2)cn1.O=C(O)C(F)(F)F. The van der Waals surface area contributed by atoms with Gasteiger partial charge >= 0.3 is 12.1 Å². The minimum Gasteiger partial charge on any atom is -0.481 e. The summed E-state index contributed by atoms with van der Waals surface area (Å²) in [6.07, 6.45) is -1.80. The second-order valence-electron chi connectivity index (χ2n) is 8.87. The van der Waals surface area contributed by atoms with Crippen LogP contribution in [-0.2, 0) is 4.79 Å². The first kappa shape index (κ1) is 29.1. The molecule has 0 bridgehead atoms. The Kier molecular flexibility index (Phi) is 9.28. The second-order valence-corrected chi connectivity index (χ2v) is 8.87. The first-order valence-corrected chi connectivity index (χ1v) is 11.9. The van der Waals surface area contributed by atoms with Gasteiger partial charge < -0.3 is 25.2 Å². The summed E-state index contributed by atoms with van der Waals surface area (Å²) in [5, 5.41) is 15.5. The molecule has 3 aromatic rings. The lowest BCUT2D eigenvalue weighted by Gasteiger charge is -2.37. The molecule has 0 unspecified atom stereocenters. The van der Waals surface area contributed by atoms with E-state index in [4.69, 9.17) is 25.1 Å². The molecule has 1 fully saturated rings. The molecule has 1 amide bonds. The molecule has 3 heterocycles. The predicted molar refractivity (Wildman–Crippen MR) is 135 cm³/mol. The van der Waals surface area contributed by atoms with Crippen molar-refractivity contribution in [2.45, 2.75) is 44.8 Å². The molecule has 0 aliphatic carbocycles. The van der Waals surface area contributed by atoms with Gasteiger partial charge in [0, 0.05) is 30.1 Å². The molecule has 1 aliphatic heterocycles. The van der Waals surface area contributed by atoms with E-state index >= 15 is 0 Å². The van der Waals surface area contributed by atoms with Crippen molar-refractivity contribution in [1.29, 1.82) is 0 Å². The van der Waals surface area contributed by atoms with Crippen molar-refractivity contribution >= 4 is 17.7 Å². The van der Waals surface area contributed by atoms with Crippen LogP contribution in [0.4, 0.5) is 19.0 Å². The maximum absolute atomic E-state index is 13.1. The molecule has 3 N–H and O–H groups in total. The number of carbonyl (C=O) groups is 2. The van der Waals surface area contributed by atoms with Gasteiger partial charge in [-0.05, 0) is 68.7 Å². The fourth-order valence-electron chi connectivity index (χ4n) is 4.16. The third kappa shape index (κ3) is 7.79. The molecule has 13 heteroatoms. The van der Waals surface area contributed by atoms with Gasteiger partial charge in [-0.25, -0.2) is 9.78 Å². The highest BCUT2D eigenvalue weighted by atomic mass is 19.4. The lowest BCUT2D eigenvalue weighted by Crippen LogP contribution is -2.44. The highest BCUT2D eigenvalue weighted by Gasteiger charge is 2.38. The highest BCUT2D eigenvalue weighted by molar-refractivity contribution is 5.94. The van der Waals surface area contributed by atoms with Crippen LogP contribution < -0.4 is 15.2 Å². The quantitative estimate of drug-likeness (QED) is 0.469. The molecule has 0 radical (unpaired) electrons. The Bertz CT molecular complexity index is 1290. The topological polar surface area (TPSA) is 141 Å². The van der Waals surface area contributed by atoms with E-state index in [9.17, 15) is 18.0 Å². The Balaban J connectivity index is 0.000000532. The number of nitrogens with zero attached hydrogens (tertiary/aromatic N) is 4. The van der Waals surface area contributed by atoms with E-state index in [1.165, 1.54) is 0 Å². The molecule has 208 valence electrons. The number of piperidine rings is 1. The summed E-state index contributed by atoms with van der Waals surface area (Å²) >= 11 is 0. The number of halogens is 3. The number of amides is 1. The third-order valence-corrected chi connectivity index (χ3v) is 6.06. The molecular formula is C26H28F3N5O5. The van der Waals surface area contributed by atoms with E-state index in [2.05, 4.69) is 22.1 Å². The van der Waals surface area contributed by atoms with Crippen molar-refractivity contribution in [1.82, 2.24) is 20.1 Å². The number of aryl methyl sites for hydroxylation is 1. The lowest BCUT2D eigenvalue weighted by molar-refractivity contribution is -0.192. The standard InChI is InChI=1S/C24H27N5O3.C2HF3O2/c1-15-12-21(25)27-28-23(15)18-10-11-29(16(2)13-18)24(30)17-4-6-19(7-5-17)32-20-8-9-22(31-3)26-14-20;3-2(4,5)1(6)7/h4-9,12,14,16,18H,10-11,13H2,1-3H3,(H2,25,27);(H,6,7)/t16-,18-;/m0./s1. The number of alkyl halides is 3. The van der Waals surface area contributed by atoms with Crippen LogP contribution in [0.1, 0.15) is 47.3 Å². The largest absolute Gasteiger partial charge is 0.490 e. The van der Waals surface area contributed by atoms with Crippen molar-refractivity contribution in [3.05, 3.63) is 65.5 Å². The number of nitrogens with two attached hydrogens (primary N) is 1. The average Bonchev–Trinajstić information content (AvgIpc) is 2.89. The van der Waals surface area contributed by atoms with E-state index in [0.717, 1.165) is 24.1 Å². The van der Waals surface area contributed by atoms with Crippen LogP contribution in [0.3, 0.4) is 0 Å². The van der Waals surface area contributed by atoms with Crippen molar-refractivity contribution in [3.63, 3.8) is 0 Å². The van der Waals surface area contributed by atoms with Gasteiger partial charge in [0.25, 0.3) is 5.91 Å². The monoisotopic (exact) mass is 547 g/mol. The Morgan fingerprint density at radius 2 is 1.74 bits per heavy atom. The maximum Gasteiger partial charge on any atom is 0.490 e. The van der Waals surface area contributed by atoms with Crippen molar-refractivity contribution in [2.75, 3.05) is 19.4 Å². The Morgan fingerprint density at radius 1 is 1.10 bits per heavy atom. The molecule has 2 aromatic heterocycles. The molecule has 1 aromatic carbocycles. The van der Waals surface area contributed by atoms with Crippen molar-refractivity contribution in [3.8, 4) is 17.4 Å². The van der Waals surface area contributed by atoms with Crippen LogP contribution in [0.15, 0.2) is 48.7 Å². The number of nitrogen functional groups attached to an aromatic ring is 1. The van der Waals surface area contributed by atoms with Crippen LogP contribution in [0.2, 0.25) is 0 Å². The highest BCUT2D eigenvalue weighted by Crippen LogP contribution is 2.33. The number of pyridine rings is 1. The van der Waals surface area contributed by atoms with Crippen LogP contribution in [0, 0.1) is 6.92 Å². The summed E-state index contributed by atoms with van der Waals surface area (Å²) in [5.41, 5.74) is 8.40. The van der Waals surface area contributed by atoms with Crippen LogP contribution >= 0.6 is 0 Å². The summed E-state index contributed by atoms with van der Waals surface area (Å²) in [7, 11) is 1.56. The summed E-state index contributed by atoms with van der Waals surface area (Å²) in [6.45, 7) is 4.76. The molecule has 0 saturated carbocycles. The Labute approximate surface area is 222 Å². The van der Waals surface area contributed by atoms with Crippen LogP contribution in [-0.4, -0.2) is 62.9 Å². The molecule has 39 heavy (non-hydrogen) atoms. The molecule has 0 spiro atoms. The predicted octanol–water partition coefficient (Wildman–Crippen LogP) is 4.60. The zero-order valence-corrected chi connectivity index (χ0v) is 21.5.